The van der Waals surface area contributed by atoms with Gasteiger partial charge in [-0.05, 0) is 43.2 Å². The lowest BCUT2D eigenvalue weighted by Crippen LogP contribution is -3.14. The molecule has 1 unspecified atom stereocenters. The van der Waals surface area contributed by atoms with Crippen LogP contribution in [0.1, 0.15) is 28.6 Å². The average molecular weight is 539 g/mol. The van der Waals surface area contributed by atoms with Gasteiger partial charge in [0.15, 0.2) is 0 Å². The number of Topliss-reactive ketones (excluding diaryl/α,β-unsaturated/α-hetero) is 1. The minimum atomic E-state index is -0.754. The van der Waals surface area contributed by atoms with Gasteiger partial charge in [-0.2, -0.15) is 0 Å². The van der Waals surface area contributed by atoms with Gasteiger partial charge in [-0.1, -0.05) is 39.9 Å². The molecule has 2 fully saturated rings. The van der Waals surface area contributed by atoms with E-state index in [1.54, 1.807) is 22.4 Å². The molecule has 3 aromatic rings. The largest absolute Gasteiger partial charge is 0.871 e. The monoisotopic (exact) mass is 538 g/mol. The van der Waals surface area contributed by atoms with Crippen LogP contribution in [0, 0.1) is 13.8 Å². The molecule has 1 N–H and O–H groups in total. The van der Waals surface area contributed by atoms with Crippen LogP contribution in [0.25, 0.3) is 11.4 Å². The molecule has 0 aliphatic carbocycles. The Bertz CT molecular complexity index is 1340. The molecular formula is C26H27BrN4O4. The molecule has 4 heterocycles. The Morgan fingerprint density at radius 1 is 1.20 bits per heavy atom. The number of hydrogen-bond donors (Lipinski definition) is 1. The zero-order chi connectivity index (χ0) is 24.7. The third kappa shape index (κ3) is 4.28. The maximum atomic E-state index is 14.0. The van der Waals surface area contributed by atoms with Gasteiger partial charge in [-0.3, -0.25) is 9.59 Å². The van der Waals surface area contributed by atoms with E-state index in [0.29, 0.717) is 43.3 Å². The van der Waals surface area contributed by atoms with Crippen LogP contribution in [0.2, 0.25) is 0 Å². The number of carbonyl (C=O) groups excluding carboxylic acids is 2. The van der Waals surface area contributed by atoms with Crippen LogP contribution >= 0.6 is 15.9 Å². The van der Waals surface area contributed by atoms with Gasteiger partial charge < -0.3 is 24.0 Å². The molecule has 2 aliphatic heterocycles. The number of aryl methyl sites for hydroxylation is 2. The highest BCUT2D eigenvalue weighted by molar-refractivity contribution is 9.10. The lowest BCUT2D eigenvalue weighted by Gasteiger charge is -2.30. The van der Waals surface area contributed by atoms with E-state index < -0.39 is 23.5 Å². The number of morpholine rings is 1. The molecule has 9 heteroatoms. The lowest BCUT2D eigenvalue weighted by molar-refractivity contribution is -0.907. The SMILES string of the molecule is Cc1nc2c(C)cccn2c1C([O-])=C1C(=O)C(=O)N(CC[NH+]2CCOCC2)C1c1cccc(Br)c1. The normalized spacial score (nSPS) is 20.8. The Hall–Kier alpha value is -3.01. The maximum absolute atomic E-state index is 14.0. The summed E-state index contributed by atoms with van der Waals surface area (Å²) in [6.07, 6.45) is 1.77. The molecule has 182 valence electrons. The summed E-state index contributed by atoms with van der Waals surface area (Å²) in [6, 6.07) is 10.5. The number of imidazole rings is 1. The van der Waals surface area contributed by atoms with E-state index in [-0.39, 0.29) is 5.57 Å². The van der Waals surface area contributed by atoms with Crippen molar-refractivity contribution >= 4 is 39.0 Å². The zero-order valence-electron chi connectivity index (χ0n) is 19.7. The first-order valence-corrected chi connectivity index (χ1v) is 12.5. The van der Waals surface area contributed by atoms with E-state index in [1.165, 1.54) is 4.90 Å². The second-order valence-electron chi connectivity index (χ2n) is 9.07. The molecule has 2 saturated heterocycles. The molecule has 1 atom stereocenters. The molecule has 2 aliphatic rings. The highest BCUT2D eigenvalue weighted by Gasteiger charge is 2.45. The van der Waals surface area contributed by atoms with Crippen molar-refractivity contribution in [2.24, 2.45) is 0 Å². The number of quaternary nitrogens is 1. The quantitative estimate of drug-likeness (QED) is 0.295. The van der Waals surface area contributed by atoms with E-state index in [1.807, 2.05) is 43.3 Å². The second kappa shape index (κ2) is 9.56. The van der Waals surface area contributed by atoms with Gasteiger partial charge in [0.1, 0.15) is 18.7 Å². The van der Waals surface area contributed by atoms with Gasteiger partial charge in [-0.25, -0.2) is 4.98 Å². The van der Waals surface area contributed by atoms with Gasteiger partial charge in [0.2, 0.25) is 5.78 Å². The number of aromatic nitrogens is 2. The summed E-state index contributed by atoms with van der Waals surface area (Å²) in [5.41, 5.74) is 3.14. The first-order chi connectivity index (χ1) is 16.9. The van der Waals surface area contributed by atoms with Crippen molar-refractivity contribution in [3.63, 3.8) is 0 Å². The third-order valence-electron chi connectivity index (χ3n) is 6.83. The topological polar surface area (TPSA) is 91.4 Å². The van der Waals surface area contributed by atoms with E-state index in [9.17, 15) is 14.7 Å². The summed E-state index contributed by atoms with van der Waals surface area (Å²) >= 11 is 3.49. The molecule has 2 aromatic heterocycles. The van der Waals surface area contributed by atoms with Crippen LogP contribution in [0.15, 0.2) is 52.6 Å². The van der Waals surface area contributed by atoms with Crippen molar-refractivity contribution in [1.29, 1.82) is 0 Å². The maximum Gasteiger partial charge on any atom is 0.295 e. The Morgan fingerprint density at radius 3 is 2.71 bits per heavy atom. The van der Waals surface area contributed by atoms with Crippen molar-refractivity contribution in [2.45, 2.75) is 19.9 Å². The molecule has 35 heavy (non-hydrogen) atoms. The first-order valence-electron chi connectivity index (χ1n) is 11.7. The molecule has 0 radical (unpaired) electrons. The van der Waals surface area contributed by atoms with Gasteiger partial charge in [-0.15, -0.1) is 0 Å². The molecule has 8 nitrogen and oxygen atoms in total. The average Bonchev–Trinajstić information content (AvgIpc) is 3.32. The van der Waals surface area contributed by atoms with Crippen LogP contribution in [-0.2, 0) is 14.3 Å². The minimum absolute atomic E-state index is 0.0171. The molecule has 5 rings (SSSR count). The van der Waals surface area contributed by atoms with Gasteiger partial charge in [0, 0.05) is 16.2 Å². The van der Waals surface area contributed by atoms with E-state index in [0.717, 1.165) is 28.7 Å². The number of fused-ring (bicyclic) bond motifs is 1. The predicted molar refractivity (Wildman–Crippen MR) is 132 cm³/mol. The Labute approximate surface area is 211 Å². The smallest absolute Gasteiger partial charge is 0.295 e. The summed E-state index contributed by atoms with van der Waals surface area (Å²) < 4.78 is 7.97. The van der Waals surface area contributed by atoms with Gasteiger partial charge in [0.05, 0.1) is 43.7 Å². The van der Waals surface area contributed by atoms with Crippen LogP contribution < -0.4 is 10.0 Å². The highest BCUT2D eigenvalue weighted by Crippen LogP contribution is 2.39. The molecule has 1 aromatic carbocycles. The van der Waals surface area contributed by atoms with E-state index in [4.69, 9.17) is 4.74 Å². The number of nitrogens with zero attached hydrogens (tertiary/aromatic N) is 3. The van der Waals surface area contributed by atoms with Crippen LogP contribution in [0.3, 0.4) is 0 Å². The van der Waals surface area contributed by atoms with E-state index in [2.05, 4.69) is 20.9 Å². The molecular weight excluding hydrogens is 512 g/mol. The van der Waals surface area contributed by atoms with Gasteiger partial charge >= 0.3 is 0 Å². The number of hydrogen-bond acceptors (Lipinski definition) is 5. The van der Waals surface area contributed by atoms with Crippen LogP contribution in [-0.4, -0.2) is 65.4 Å². The first kappa shape index (κ1) is 23.7. The zero-order valence-corrected chi connectivity index (χ0v) is 21.3. The third-order valence-corrected chi connectivity index (χ3v) is 7.33. The van der Waals surface area contributed by atoms with Crippen molar-refractivity contribution in [3.8, 4) is 0 Å². The van der Waals surface area contributed by atoms with Crippen LogP contribution in [0.5, 0.6) is 0 Å². The second-order valence-corrected chi connectivity index (χ2v) is 9.99. The molecule has 0 spiro atoms. The van der Waals surface area contributed by atoms with Crippen molar-refractivity contribution in [2.75, 3.05) is 39.4 Å². The molecule has 0 bridgehead atoms. The molecule has 0 saturated carbocycles. The van der Waals surface area contributed by atoms with Crippen LogP contribution in [0.4, 0.5) is 0 Å². The summed E-state index contributed by atoms with van der Waals surface area (Å²) in [5, 5.41) is 14.0. The fourth-order valence-corrected chi connectivity index (χ4v) is 5.45. The Balaban J connectivity index is 1.63. The number of amides is 1. The summed E-state index contributed by atoms with van der Waals surface area (Å²) in [4.78, 5) is 34.1. The number of nitrogens with one attached hydrogen (secondary N) is 1. The number of pyridine rings is 1. The van der Waals surface area contributed by atoms with Crippen molar-refractivity contribution < 1.29 is 24.3 Å². The number of benzene rings is 1. The number of halogens is 1. The van der Waals surface area contributed by atoms with Crippen molar-refractivity contribution in [3.05, 3.63) is 75.2 Å². The highest BCUT2D eigenvalue weighted by atomic mass is 79.9. The Kier molecular flexibility index (Phi) is 6.48. The number of ketones is 1. The van der Waals surface area contributed by atoms with Crippen molar-refractivity contribution in [1.82, 2.24) is 14.3 Å². The lowest BCUT2D eigenvalue weighted by atomic mass is 9.96. The standard InChI is InChI=1S/C26H27BrN4O4/c1-16-5-4-8-30-21(17(2)28-25(16)30)23(32)20-22(18-6-3-7-19(27)15-18)31(26(34)24(20)33)10-9-29-11-13-35-14-12-29/h3-8,15,22,32H,9-14H2,1-2H3. The summed E-state index contributed by atoms with van der Waals surface area (Å²) in [7, 11) is 0. The van der Waals surface area contributed by atoms with Gasteiger partial charge in [0.25, 0.3) is 5.91 Å². The number of rotatable bonds is 5. The molecule has 1 amide bonds. The number of ether oxygens (including phenoxy) is 1. The summed E-state index contributed by atoms with van der Waals surface area (Å²) in [5.74, 6) is -1.82. The number of likely N-dealkylation sites (tertiary alicyclic amines) is 1. The fourth-order valence-electron chi connectivity index (χ4n) is 5.03. The minimum Gasteiger partial charge on any atom is -0.871 e. The van der Waals surface area contributed by atoms with E-state index >= 15 is 0 Å². The fraction of sp³-hybridized carbons (Fsp3) is 0.346. The Morgan fingerprint density at radius 2 is 1.97 bits per heavy atom. The number of carbonyl (C=O) groups is 2. The predicted octanol–water partition coefficient (Wildman–Crippen LogP) is 0.853. The summed E-state index contributed by atoms with van der Waals surface area (Å²) in [6.45, 7) is 7.81.